The van der Waals surface area contributed by atoms with Crippen LogP contribution < -0.4 is 10.7 Å². The summed E-state index contributed by atoms with van der Waals surface area (Å²) in [5.41, 5.74) is 5.65. The molecule has 2 N–H and O–H groups in total. The molecule has 34 heavy (non-hydrogen) atoms. The Morgan fingerprint density at radius 3 is 2.71 bits per heavy atom. The lowest BCUT2D eigenvalue weighted by molar-refractivity contribution is -0.118. The molecule has 0 aliphatic heterocycles. The zero-order valence-electron chi connectivity index (χ0n) is 18.7. The second kappa shape index (κ2) is 11.3. The van der Waals surface area contributed by atoms with Crippen LogP contribution in [-0.4, -0.2) is 32.6 Å². The lowest BCUT2D eigenvalue weighted by atomic mass is 10.2. The molecule has 0 aliphatic carbocycles. The number of thioether (sulfide) groups is 1. The average molecular weight is 586 g/mol. The summed E-state index contributed by atoms with van der Waals surface area (Å²) in [5.74, 6) is 2.00. The number of para-hydroxylation sites is 1. The van der Waals surface area contributed by atoms with Gasteiger partial charge in [-0.05, 0) is 84.5 Å². The van der Waals surface area contributed by atoms with Crippen LogP contribution in [0.2, 0.25) is 0 Å². The Kier molecular flexibility index (Phi) is 8.01. The molecule has 174 valence electrons. The van der Waals surface area contributed by atoms with Gasteiger partial charge < -0.3 is 9.73 Å². The van der Waals surface area contributed by atoms with Gasteiger partial charge in [0.15, 0.2) is 11.0 Å². The minimum Gasteiger partial charge on any atom is -0.460 e. The van der Waals surface area contributed by atoms with Crippen molar-refractivity contribution >= 4 is 52.2 Å². The van der Waals surface area contributed by atoms with Crippen molar-refractivity contribution < 1.29 is 9.21 Å². The molecule has 0 unspecified atom stereocenters. The minimum absolute atomic E-state index is 0.142. The Morgan fingerprint density at radius 1 is 1.15 bits per heavy atom. The summed E-state index contributed by atoms with van der Waals surface area (Å²) in [6, 6.07) is 19.7. The first-order valence-electron chi connectivity index (χ1n) is 10.5. The van der Waals surface area contributed by atoms with Crippen LogP contribution in [0.1, 0.15) is 22.9 Å². The van der Waals surface area contributed by atoms with E-state index in [1.165, 1.54) is 21.5 Å². The van der Waals surface area contributed by atoms with E-state index < -0.39 is 0 Å². The maximum atomic E-state index is 12.3. The summed E-state index contributed by atoms with van der Waals surface area (Å²) < 4.78 is 8.55. The van der Waals surface area contributed by atoms with Crippen molar-refractivity contribution in [3.63, 3.8) is 0 Å². The number of benzene rings is 2. The van der Waals surface area contributed by atoms with Crippen molar-refractivity contribution in [1.82, 2.24) is 20.2 Å². The van der Waals surface area contributed by atoms with Crippen molar-refractivity contribution in [2.75, 3.05) is 11.1 Å². The first-order valence-corrected chi connectivity index (χ1v) is 12.6. The highest BCUT2D eigenvalue weighted by molar-refractivity contribution is 14.1. The number of hydrazone groups is 1. The maximum Gasteiger partial charge on any atom is 0.250 e. The molecule has 4 rings (SSSR count). The number of hydrogen-bond acceptors (Lipinski definition) is 7. The molecular formula is C24H23IN6O2S. The summed E-state index contributed by atoms with van der Waals surface area (Å²) in [5, 5.41) is 16.8. The molecule has 0 radical (unpaired) electrons. The Hall–Kier alpha value is -3.12. The van der Waals surface area contributed by atoms with E-state index in [9.17, 15) is 4.79 Å². The van der Waals surface area contributed by atoms with Gasteiger partial charge in [-0.2, -0.15) is 5.10 Å². The van der Waals surface area contributed by atoms with Crippen LogP contribution in [0.3, 0.4) is 0 Å². The van der Waals surface area contributed by atoms with Gasteiger partial charge in [0, 0.05) is 14.9 Å². The molecule has 10 heteroatoms. The molecule has 0 spiro atoms. The van der Waals surface area contributed by atoms with Gasteiger partial charge in [-0.3, -0.25) is 9.36 Å². The van der Waals surface area contributed by atoms with Gasteiger partial charge in [-0.15, -0.1) is 10.2 Å². The van der Waals surface area contributed by atoms with Crippen LogP contribution in [0.5, 0.6) is 0 Å². The number of aromatic nitrogens is 3. The summed E-state index contributed by atoms with van der Waals surface area (Å²) in [6.07, 6.45) is 1.47. The maximum absolute atomic E-state index is 12.3. The number of nitrogens with one attached hydrogen (secondary N) is 2. The second-order valence-corrected chi connectivity index (χ2v) is 9.60. The van der Waals surface area contributed by atoms with Gasteiger partial charge in [0.25, 0.3) is 5.91 Å². The van der Waals surface area contributed by atoms with Crippen LogP contribution in [0.4, 0.5) is 5.69 Å². The number of hydrogen-bond donors (Lipinski definition) is 2. The Bertz CT molecular complexity index is 1300. The number of aryl methyl sites for hydroxylation is 2. The summed E-state index contributed by atoms with van der Waals surface area (Å²) >= 11 is 3.60. The number of nitrogens with zero attached hydrogens (tertiary/aromatic N) is 4. The fourth-order valence-corrected chi connectivity index (χ4v) is 4.61. The zero-order chi connectivity index (χ0) is 23.9. The summed E-state index contributed by atoms with van der Waals surface area (Å²) in [4.78, 5) is 12.3. The molecule has 0 aliphatic rings. The fraction of sp³-hybridized carbons (Fsp3) is 0.167. The SMILES string of the molecule is Cc1ccc(C=NNC(=O)CSc2nnc(CNc3ccc(I)cc3C)n2-c2ccccc2)o1. The third-order valence-corrected chi connectivity index (χ3v) is 6.41. The van der Waals surface area contributed by atoms with Crippen LogP contribution in [-0.2, 0) is 11.3 Å². The van der Waals surface area contributed by atoms with Gasteiger partial charge in [-0.25, -0.2) is 5.43 Å². The molecule has 8 nitrogen and oxygen atoms in total. The molecule has 0 saturated carbocycles. The first kappa shape index (κ1) is 24.0. The highest BCUT2D eigenvalue weighted by atomic mass is 127. The third kappa shape index (κ3) is 6.26. The Balaban J connectivity index is 1.44. The van der Waals surface area contributed by atoms with Crippen LogP contribution in [0, 0.1) is 17.4 Å². The number of anilines is 1. The van der Waals surface area contributed by atoms with Crippen LogP contribution in [0.25, 0.3) is 5.69 Å². The normalized spacial score (nSPS) is 11.1. The van der Waals surface area contributed by atoms with Crippen molar-refractivity contribution in [2.24, 2.45) is 5.10 Å². The number of rotatable bonds is 9. The predicted molar refractivity (Wildman–Crippen MR) is 142 cm³/mol. The third-order valence-electron chi connectivity index (χ3n) is 4.81. The molecule has 0 bridgehead atoms. The van der Waals surface area contributed by atoms with Gasteiger partial charge in [-0.1, -0.05) is 30.0 Å². The van der Waals surface area contributed by atoms with Crippen molar-refractivity contribution in [3.8, 4) is 5.69 Å². The first-order chi connectivity index (χ1) is 16.5. The molecule has 0 saturated heterocycles. The van der Waals surface area contributed by atoms with E-state index in [2.05, 4.69) is 73.8 Å². The van der Waals surface area contributed by atoms with Crippen LogP contribution in [0.15, 0.2) is 75.3 Å². The van der Waals surface area contributed by atoms with E-state index in [0.717, 1.165) is 28.5 Å². The molecule has 4 aromatic rings. The highest BCUT2D eigenvalue weighted by Gasteiger charge is 2.16. The zero-order valence-corrected chi connectivity index (χ0v) is 21.6. The topological polar surface area (TPSA) is 97.3 Å². The quantitative estimate of drug-likeness (QED) is 0.125. The summed E-state index contributed by atoms with van der Waals surface area (Å²) in [7, 11) is 0. The van der Waals surface area contributed by atoms with Gasteiger partial charge in [0.05, 0.1) is 18.5 Å². The number of furan rings is 1. The van der Waals surface area contributed by atoms with Crippen LogP contribution >= 0.6 is 34.4 Å². The van der Waals surface area contributed by atoms with Crippen molar-refractivity contribution in [3.05, 3.63) is 87.1 Å². The monoisotopic (exact) mass is 586 g/mol. The molecule has 0 atom stereocenters. The average Bonchev–Trinajstić information content (AvgIpc) is 3.43. The van der Waals surface area contributed by atoms with Crippen molar-refractivity contribution in [1.29, 1.82) is 0 Å². The number of carbonyl (C=O) groups excluding carboxylic acids is 1. The van der Waals surface area contributed by atoms with Gasteiger partial charge in [0.1, 0.15) is 11.5 Å². The Labute approximate surface area is 215 Å². The largest absolute Gasteiger partial charge is 0.460 e. The lowest BCUT2D eigenvalue weighted by Crippen LogP contribution is -2.20. The van der Waals surface area contributed by atoms with E-state index in [1.54, 1.807) is 6.07 Å². The molecular weight excluding hydrogens is 563 g/mol. The smallest absolute Gasteiger partial charge is 0.250 e. The van der Waals surface area contributed by atoms with E-state index in [0.29, 0.717) is 17.5 Å². The number of carbonyl (C=O) groups is 1. The second-order valence-electron chi connectivity index (χ2n) is 7.41. The molecule has 2 aromatic heterocycles. The van der Waals surface area contributed by atoms with E-state index in [-0.39, 0.29) is 11.7 Å². The molecule has 1 amide bonds. The van der Waals surface area contributed by atoms with Crippen molar-refractivity contribution in [2.45, 2.75) is 25.5 Å². The predicted octanol–water partition coefficient (Wildman–Crippen LogP) is 4.94. The van der Waals surface area contributed by atoms with E-state index >= 15 is 0 Å². The Morgan fingerprint density at radius 2 is 1.97 bits per heavy atom. The van der Waals surface area contributed by atoms with Gasteiger partial charge >= 0.3 is 0 Å². The molecule has 2 heterocycles. The standard InChI is InChI=1S/C24H23IN6O2S/c1-16-12-18(25)9-11-21(16)26-14-22-28-30-24(31(22)19-6-4-3-5-7-19)34-15-23(32)29-27-13-20-10-8-17(2)33-20/h3-13,26H,14-15H2,1-2H3,(H,29,32). The molecule has 2 aromatic carbocycles. The summed E-state index contributed by atoms with van der Waals surface area (Å²) in [6.45, 7) is 4.41. The van der Waals surface area contributed by atoms with Gasteiger partial charge in [0.2, 0.25) is 0 Å². The molecule has 0 fully saturated rings. The van der Waals surface area contributed by atoms with E-state index in [4.69, 9.17) is 4.42 Å². The fourth-order valence-electron chi connectivity index (χ4n) is 3.20. The van der Waals surface area contributed by atoms with E-state index in [1.807, 2.05) is 47.9 Å². The highest BCUT2D eigenvalue weighted by Crippen LogP contribution is 2.23. The lowest BCUT2D eigenvalue weighted by Gasteiger charge is -2.12. The number of amides is 1. The minimum atomic E-state index is -0.249. The number of halogens is 1.